The van der Waals surface area contributed by atoms with Crippen LogP contribution in [0.2, 0.25) is 0 Å². The van der Waals surface area contributed by atoms with Gasteiger partial charge in [0.05, 0.1) is 5.56 Å². The summed E-state index contributed by atoms with van der Waals surface area (Å²) in [5.41, 5.74) is 2.61. The van der Waals surface area contributed by atoms with Crippen LogP contribution in [-0.2, 0) is 32.6 Å². The maximum Gasteiger partial charge on any atom is 0.269 e. The van der Waals surface area contributed by atoms with Crippen molar-refractivity contribution < 1.29 is 22.8 Å². The molecular weight excluding hydrogens is 502 g/mol. The van der Waals surface area contributed by atoms with Crippen LogP contribution in [0, 0.1) is 6.92 Å². The van der Waals surface area contributed by atoms with Crippen LogP contribution in [0.4, 0.5) is 0 Å². The fourth-order valence-electron chi connectivity index (χ4n) is 4.51. The van der Waals surface area contributed by atoms with Gasteiger partial charge in [-0.25, -0.2) is 12.7 Å². The normalized spacial score (nSPS) is 14.7. The molecule has 1 aliphatic rings. The fourth-order valence-corrected chi connectivity index (χ4v) is 6.02. The van der Waals surface area contributed by atoms with Gasteiger partial charge in [-0.05, 0) is 49.6 Å². The smallest absolute Gasteiger partial charge is 0.269 e. The number of carbonyl (C=O) groups excluding carboxylic acids is 3. The third kappa shape index (κ3) is 5.62. The molecule has 8 nitrogen and oxygen atoms in total. The van der Waals surface area contributed by atoms with E-state index < -0.39 is 34.4 Å². The number of carbonyl (C=O) groups is 3. The van der Waals surface area contributed by atoms with E-state index in [2.05, 4.69) is 5.32 Å². The summed E-state index contributed by atoms with van der Waals surface area (Å²) in [7, 11) is -4.19. The van der Waals surface area contributed by atoms with Crippen LogP contribution >= 0.6 is 0 Å². The number of fused-ring (bicyclic) bond motifs is 1. The van der Waals surface area contributed by atoms with Crippen molar-refractivity contribution in [3.8, 4) is 0 Å². The van der Waals surface area contributed by atoms with E-state index in [1.165, 1.54) is 23.1 Å². The predicted molar refractivity (Wildman–Crippen MR) is 144 cm³/mol. The fraction of sp³-hybridized carbons (Fsp3) is 0.276. The van der Waals surface area contributed by atoms with Gasteiger partial charge in [-0.15, -0.1) is 0 Å². The average Bonchev–Trinajstić information content (AvgIpc) is 3.08. The highest BCUT2D eigenvalue weighted by Crippen LogP contribution is 2.30. The van der Waals surface area contributed by atoms with Gasteiger partial charge in [-0.1, -0.05) is 66.7 Å². The Labute approximate surface area is 223 Å². The van der Waals surface area contributed by atoms with Crippen molar-refractivity contribution in [2.24, 2.45) is 0 Å². The van der Waals surface area contributed by atoms with Crippen molar-refractivity contribution in [3.05, 3.63) is 101 Å². The van der Waals surface area contributed by atoms with Gasteiger partial charge in [0.1, 0.15) is 17.5 Å². The Balaban J connectivity index is 1.73. The number of nitrogens with zero attached hydrogens (tertiary/aromatic N) is 2. The Kier molecular flexibility index (Phi) is 7.97. The maximum absolute atomic E-state index is 13.9. The van der Waals surface area contributed by atoms with Crippen LogP contribution in [0.3, 0.4) is 0 Å². The van der Waals surface area contributed by atoms with Crippen molar-refractivity contribution in [2.75, 3.05) is 6.54 Å². The summed E-state index contributed by atoms with van der Waals surface area (Å²) in [4.78, 5) is 41.7. The minimum Gasteiger partial charge on any atom is -0.352 e. The summed E-state index contributed by atoms with van der Waals surface area (Å²) in [6, 6.07) is 21.6. The number of benzene rings is 3. The van der Waals surface area contributed by atoms with Crippen molar-refractivity contribution in [3.63, 3.8) is 0 Å². The number of hydrogen-bond donors (Lipinski definition) is 1. The molecule has 38 heavy (non-hydrogen) atoms. The molecule has 4 rings (SSSR count). The highest BCUT2D eigenvalue weighted by atomic mass is 32.2. The van der Waals surface area contributed by atoms with E-state index in [9.17, 15) is 22.8 Å². The van der Waals surface area contributed by atoms with E-state index in [0.29, 0.717) is 4.31 Å². The Morgan fingerprint density at radius 1 is 0.921 bits per heavy atom. The number of amides is 3. The first-order valence-corrected chi connectivity index (χ1v) is 13.9. The van der Waals surface area contributed by atoms with Crippen molar-refractivity contribution in [2.45, 2.75) is 50.7 Å². The largest absolute Gasteiger partial charge is 0.352 e. The van der Waals surface area contributed by atoms with Gasteiger partial charge >= 0.3 is 0 Å². The summed E-state index contributed by atoms with van der Waals surface area (Å²) in [5.74, 6) is -1.75. The molecule has 198 valence electrons. The summed E-state index contributed by atoms with van der Waals surface area (Å²) in [6.45, 7) is 4.93. The summed E-state index contributed by atoms with van der Waals surface area (Å²) in [5, 5.41) is 2.90. The topological polar surface area (TPSA) is 104 Å². The zero-order valence-corrected chi connectivity index (χ0v) is 22.4. The minimum atomic E-state index is -4.19. The lowest BCUT2D eigenvalue weighted by atomic mass is 10.0. The first-order valence-electron chi connectivity index (χ1n) is 12.4. The molecule has 0 radical (unpaired) electrons. The lowest BCUT2D eigenvalue weighted by Gasteiger charge is -2.33. The molecule has 0 fully saturated rings. The molecule has 0 aromatic heterocycles. The molecule has 0 bridgehead atoms. The van der Waals surface area contributed by atoms with Crippen LogP contribution in [0.25, 0.3) is 0 Å². The van der Waals surface area contributed by atoms with E-state index in [1.807, 2.05) is 75.4 Å². The molecule has 1 aliphatic heterocycles. The summed E-state index contributed by atoms with van der Waals surface area (Å²) >= 11 is 0. The number of nitrogens with one attached hydrogen (secondary N) is 1. The molecule has 0 spiro atoms. The second kappa shape index (κ2) is 11.2. The molecule has 3 amide bonds. The van der Waals surface area contributed by atoms with Crippen molar-refractivity contribution >= 4 is 27.7 Å². The molecule has 1 atom stereocenters. The van der Waals surface area contributed by atoms with Gasteiger partial charge in [-0.2, -0.15) is 0 Å². The van der Waals surface area contributed by atoms with Gasteiger partial charge in [-0.3, -0.25) is 14.4 Å². The monoisotopic (exact) mass is 533 g/mol. The zero-order chi connectivity index (χ0) is 27.4. The van der Waals surface area contributed by atoms with Crippen LogP contribution in [0.15, 0.2) is 83.8 Å². The Morgan fingerprint density at radius 3 is 2.21 bits per heavy atom. The Morgan fingerprint density at radius 2 is 1.55 bits per heavy atom. The molecule has 0 aliphatic carbocycles. The van der Waals surface area contributed by atoms with Crippen molar-refractivity contribution in [1.29, 1.82) is 0 Å². The lowest BCUT2D eigenvalue weighted by molar-refractivity contribution is -0.141. The van der Waals surface area contributed by atoms with E-state index in [4.69, 9.17) is 0 Å². The SMILES string of the molecule is Cc1ccccc1CN(C(=O)CN1C(=O)c2ccccc2S1(=O)=O)[C@@H](Cc1ccccc1)C(=O)NC(C)C. The van der Waals surface area contributed by atoms with Gasteiger partial charge < -0.3 is 10.2 Å². The maximum atomic E-state index is 13.9. The first kappa shape index (κ1) is 27.1. The third-order valence-corrected chi connectivity index (χ3v) is 8.28. The minimum absolute atomic E-state index is 0.0316. The van der Waals surface area contributed by atoms with E-state index in [-0.39, 0.29) is 35.4 Å². The number of rotatable bonds is 9. The number of hydrogen-bond acceptors (Lipinski definition) is 5. The standard InChI is InChI=1S/C29H31N3O5S/c1-20(2)30-28(34)25(17-22-12-5-4-6-13-22)31(18-23-14-8-7-11-21(23)3)27(33)19-32-29(35)24-15-9-10-16-26(24)38(32,36)37/h4-16,20,25H,17-19H2,1-3H3,(H,30,34)/t25-/m0/s1. The van der Waals surface area contributed by atoms with Crippen LogP contribution in [-0.4, -0.2) is 54.0 Å². The first-order chi connectivity index (χ1) is 18.1. The van der Waals surface area contributed by atoms with Crippen LogP contribution in [0.1, 0.15) is 40.9 Å². The summed E-state index contributed by atoms with van der Waals surface area (Å²) in [6.07, 6.45) is 0.220. The molecule has 3 aromatic carbocycles. The molecular formula is C29H31N3O5S. The zero-order valence-electron chi connectivity index (χ0n) is 21.6. The molecule has 3 aromatic rings. The average molecular weight is 534 g/mol. The molecule has 1 N–H and O–H groups in total. The molecule has 0 unspecified atom stereocenters. The second-order valence-corrected chi connectivity index (χ2v) is 11.5. The Hall–Kier alpha value is -3.98. The van der Waals surface area contributed by atoms with Gasteiger partial charge in [0.15, 0.2) is 0 Å². The molecule has 0 saturated carbocycles. The highest BCUT2D eigenvalue weighted by Gasteiger charge is 2.43. The molecule has 1 heterocycles. The van der Waals surface area contributed by atoms with Gasteiger partial charge in [0, 0.05) is 19.0 Å². The predicted octanol–water partition coefficient (Wildman–Crippen LogP) is 3.30. The van der Waals surface area contributed by atoms with Gasteiger partial charge in [0.2, 0.25) is 11.8 Å². The lowest BCUT2D eigenvalue weighted by Crippen LogP contribution is -2.54. The van der Waals surface area contributed by atoms with Crippen LogP contribution in [0.5, 0.6) is 0 Å². The van der Waals surface area contributed by atoms with E-state index in [0.717, 1.165) is 16.7 Å². The Bertz CT molecular complexity index is 1450. The highest BCUT2D eigenvalue weighted by molar-refractivity contribution is 7.90. The van der Waals surface area contributed by atoms with Crippen LogP contribution < -0.4 is 5.32 Å². The van der Waals surface area contributed by atoms with Gasteiger partial charge in [0.25, 0.3) is 15.9 Å². The van der Waals surface area contributed by atoms with E-state index >= 15 is 0 Å². The molecule has 0 saturated heterocycles. The molecule has 9 heteroatoms. The quantitative estimate of drug-likeness (QED) is 0.455. The summed E-state index contributed by atoms with van der Waals surface area (Å²) < 4.78 is 26.9. The third-order valence-electron chi connectivity index (χ3n) is 6.49. The van der Waals surface area contributed by atoms with Crippen molar-refractivity contribution in [1.82, 2.24) is 14.5 Å². The number of aryl methyl sites for hydroxylation is 1. The second-order valence-electron chi connectivity index (χ2n) is 9.63. The number of sulfonamides is 1. The van der Waals surface area contributed by atoms with E-state index in [1.54, 1.807) is 6.07 Å².